The highest BCUT2D eigenvalue weighted by molar-refractivity contribution is 7.89. The van der Waals surface area contributed by atoms with Crippen molar-refractivity contribution in [3.63, 3.8) is 0 Å². The molecule has 2 heterocycles. The molecule has 0 saturated carbocycles. The van der Waals surface area contributed by atoms with Crippen molar-refractivity contribution in [1.82, 2.24) is 14.7 Å². The van der Waals surface area contributed by atoms with Gasteiger partial charge in [-0.25, -0.2) is 13.8 Å². The number of methoxy groups -OCH3 is 1. The summed E-state index contributed by atoms with van der Waals surface area (Å²) in [5.74, 6) is 0.474. The summed E-state index contributed by atoms with van der Waals surface area (Å²) in [6, 6.07) is 6.37. The van der Waals surface area contributed by atoms with Crippen LogP contribution < -0.4 is 10.2 Å². The molecule has 8 nitrogen and oxygen atoms in total. The number of hydrogen-bond acceptors (Lipinski definition) is 6. The van der Waals surface area contributed by atoms with E-state index >= 15 is 0 Å². The Morgan fingerprint density at radius 1 is 1.15 bits per heavy atom. The van der Waals surface area contributed by atoms with Crippen LogP contribution in [-0.2, 0) is 19.6 Å². The van der Waals surface area contributed by atoms with Gasteiger partial charge in [0.05, 0.1) is 31.8 Å². The highest BCUT2D eigenvalue weighted by Gasteiger charge is 2.34. The van der Waals surface area contributed by atoms with E-state index in [1.165, 1.54) is 11.4 Å². The lowest BCUT2D eigenvalue weighted by molar-refractivity contribution is -0.139. The van der Waals surface area contributed by atoms with Gasteiger partial charge in [-0.1, -0.05) is 0 Å². The van der Waals surface area contributed by atoms with Gasteiger partial charge in [0.2, 0.25) is 15.9 Å². The van der Waals surface area contributed by atoms with Crippen molar-refractivity contribution in [2.45, 2.75) is 17.7 Å². The summed E-state index contributed by atoms with van der Waals surface area (Å²) in [6.45, 7) is 2.91. The molecular formula is C17H25N3O5S. The molecular weight excluding hydrogens is 358 g/mol. The number of piperidine rings is 1. The van der Waals surface area contributed by atoms with E-state index in [1.807, 2.05) is 0 Å². The molecule has 0 aromatic heterocycles. The average Bonchev–Trinajstić information content (AvgIpc) is 2.97. The summed E-state index contributed by atoms with van der Waals surface area (Å²) in [6.07, 6.45) is 1.04. The SMILES string of the molecule is COc1ccc(S(=O)(=O)N2CCC(C(=O)N3CCOCCN3)CC2)cc1. The first-order valence-corrected chi connectivity index (χ1v) is 10.2. The first kappa shape index (κ1) is 19.1. The van der Waals surface area contributed by atoms with Crippen molar-refractivity contribution in [1.29, 1.82) is 0 Å². The molecule has 1 amide bonds. The van der Waals surface area contributed by atoms with Gasteiger partial charge >= 0.3 is 0 Å². The van der Waals surface area contributed by atoms with Crippen LogP contribution in [0.2, 0.25) is 0 Å². The highest BCUT2D eigenvalue weighted by Crippen LogP contribution is 2.26. The van der Waals surface area contributed by atoms with Crippen molar-refractivity contribution < 1.29 is 22.7 Å². The number of nitrogens with one attached hydrogen (secondary N) is 1. The van der Waals surface area contributed by atoms with E-state index < -0.39 is 10.0 Å². The second-order valence-electron chi connectivity index (χ2n) is 6.36. The van der Waals surface area contributed by atoms with Crippen LogP contribution in [0.5, 0.6) is 5.75 Å². The summed E-state index contributed by atoms with van der Waals surface area (Å²) in [5.41, 5.74) is 3.07. The Morgan fingerprint density at radius 3 is 2.50 bits per heavy atom. The van der Waals surface area contributed by atoms with Gasteiger partial charge < -0.3 is 9.47 Å². The standard InChI is InChI=1S/C17H25N3O5S/c1-24-15-2-4-16(5-3-15)26(22,23)19-9-6-14(7-10-19)17(21)20-11-13-25-12-8-18-20/h2-5,14,18H,6-13H2,1H3. The molecule has 26 heavy (non-hydrogen) atoms. The van der Waals surface area contributed by atoms with Gasteiger partial charge in [-0.05, 0) is 37.1 Å². The fraction of sp³-hybridized carbons (Fsp3) is 0.588. The molecule has 1 N–H and O–H groups in total. The van der Waals surface area contributed by atoms with Crippen LogP contribution in [0.25, 0.3) is 0 Å². The van der Waals surface area contributed by atoms with Crippen LogP contribution in [0, 0.1) is 5.92 Å². The fourth-order valence-electron chi connectivity index (χ4n) is 3.24. The third-order valence-electron chi connectivity index (χ3n) is 4.77. The second kappa shape index (κ2) is 8.34. The molecule has 0 unspecified atom stereocenters. The lowest BCUT2D eigenvalue weighted by Gasteiger charge is -2.33. The normalized spacial score (nSPS) is 20.6. The molecule has 0 atom stereocenters. The van der Waals surface area contributed by atoms with Gasteiger partial charge in [-0.3, -0.25) is 9.80 Å². The maximum Gasteiger partial charge on any atom is 0.243 e. The number of sulfonamides is 1. The van der Waals surface area contributed by atoms with Crippen LogP contribution >= 0.6 is 0 Å². The zero-order valence-corrected chi connectivity index (χ0v) is 15.7. The van der Waals surface area contributed by atoms with Gasteiger partial charge in [0.15, 0.2) is 0 Å². The van der Waals surface area contributed by atoms with Gasteiger partial charge in [-0.15, -0.1) is 0 Å². The van der Waals surface area contributed by atoms with Crippen molar-refractivity contribution in [3.8, 4) is 5.75 Å². The number of benzene rings is 1. The van der Waals surface area contributed by atoms with Gasteiger partial charge in [0, 0.05) is 25.6 Å². The number of nitrogens with zero attached hydrogens (tertiary/aromatic N) is 2. The summed E-state index contributed by atoms with van der Waals surface area (Å²) >= 11 is 0. The third kappa shape index (κ3) is 4.17. The third-order valence-corrected chi connectivity index (χ3v) is 6.69. The zero-order valence-electron chi connectivity index (χ0n) is 14.9. The number of amides is 1. The summed E-state index contributed by atoms with van der Waals surface area (Å²) in [7, 11) is -2.01. The zero-order chi connectivity index (χ0) is 18.6. The van der Waals surface area contributed by atoms with Crippen LogP contribution in [0.15, 0.2) is 29.2 Å². The highest BCUT2D eigenvalue weighted by atomic mass is 32.2. The Bertz CT molecular complexity index is 706. The molecule has 0 radical (unpaired) electrons. The fourth-order valence-corrected chi connectivity index (χ4v) is 4.71. The molecule has 2 aliphatic heterocycles. The van der Waals surface area contributed by atoms with Gasteiger partial charge in [-0.2, -0.15) is 4.31 Å². The molecule has 0 aliphatic carbocycles. The maximum atomic E-state index is 12.8. The number of rotatable bonds is 4. The van der Waals surface area contributed by atoms with E-state index in [4.69, 9.17) is 9.47 Å². The van der Waals surface area contributed by atoms with E-state index in [0.717, 1.165) is 0 Å². The number of hydrogen-bond donors (Lipinski definition) is 1. The number of ether oxygens (including phenoxy) is 2. The van der Waals surface area contributed by atoms with E-state index in [0.29, 0.717) is 58.0 Å². The lowest BCUT2D eigenvalue weighted by atomic mass is 9.97. The van der Waals surface area contributed by atoms with Gasteiger partial charge in [0.1, 0.15) is 5.75 Å². The topological polar surface area (TPSA) is 88.2 Å². The second-order valence-corrected chi connectivity index (χ2v) is 8.30. The molecule has 0 spiro atoms. The monoisotopic (exact) mass is 383 g/mol. The minimum absolute atomic E-state index is 0.0250. The molecule has 2 aliphatic rings. The molecule has 2 fully saturated rings. The number of carbonyl (C=O) groups excluding carboxylic acids is 1. The van der Waals surface area contributed by atoms with Crippen molar-refractivity contribution >= 4 is 15.9 Å². The van der Waals surface area contributed by atoms with E-state index in [2.05, 4.69) is 5.43 Å². The smallest absolute Gasteiger partial charge is 0.243 e. The average molecular weight is 383 g/mol. The molecule has 3 rings (SSSR count). The first-order valence-electron chi connectivity index (χ1n) is 8.79. The maximum absolute atomic E-state index is 12.8. The van der Waals surface area contributed by atoms with E-state index in [9.17, 15) is 13.2 Å². The Morgan fingerprint density at radius 2 is 1.85 bits per heavy atom. The van der Waals surface area contributed by atoms with Crippen molar-refractivity contribution in [2.24, 2.45) is 5.92 Å². The predicted molar refractivity (Wildman–Crippen MR) is 95.0 cm³/mol. The van der Waals surface area contributed by atoms with Crippen LogP contribution in [0.1, 0.15) is 12.8 Å². The van der Waals surface area contributed by atoms with Crippen molar-refractivity contribution in [3.05, 3.63) is 24.3 Å². The minimum Gasteiger partial charge on any atom is -0.497 e. The largest absolute Gasteiger partial charge is 0.497 e. The molecule has 9 heteroatoms. The van der Waals surface area contributed by atoms with Crippen molar-refractivity contribution in [2.75, 3.05) is 46.5 Å². The summed E-state index contributed by atoms with van der Waals surface area (Å²) in [4.78, 5) is 12.9. The van der Waals surface area contributed by atoms with Crippen LogP contribution in [0.3, 0.4) is 0 Å². The number of carbonyl (C=O) groups is 1. The number of hydrazine groups is 1. The van der Waals surface area contributed by atoms with Crippen LogP contribution in [0.4, 0.5) is 0 Å². The Kier molecular flexibility index (Phi) is 6.13. The first-order chi connectivity index (χ1) is 12.5. The Hall–Kier alpha value is -1.68. The summed E-state index contributed by atoms with van der Waals surface area (Å²) < 4.78 is 37.4. The molecule has 1 aromatic carbocycles. The quantitative estimate of drug-likeness (QED) is 0.813. The molecule has 144 valence electrons. The van der Waals surface area contributed by atoms with Gasteiger partial charge in [0.25, 0.3) is 0 Å². The molecule has 2 saturated heterocycles. The lowest BCUT2D eigenvalue weighted by Crippen LogP contribution is -2.49. The van der Waals surface area contributed by atoms with E-state index in [-0.39, 0.29) is 16.7 Å². The molecule has 1 aromatic rings. The van der Waals surface area contributed by atoms with E-state index in [1.54, 1.807) is 29.3 Å². The summed E-state index contributed by atoms with van der Waals surface area (Å²) in [5, 5.41) is 1.62. The Labute approximate surface area is 154 Å². The Balaban J connectivity index is 1.60. The molecule has 0 bridgehead atoms. The van der Waals surface area contributed by atoms with Crippen LogP contribution in [-0.4, -0.2) is 70.1 Å². The predicted octanol–water partition coefficient (Wildman–Crippen LogP) is 0.459. The minimum atomic E-state index is -3.55.